The fourth-order valence-corrected chi connectivity index (χ4v) is 2.38. The van der Waals surface area contributed by atoms with Gasteiger partial charge in [-0.1, -0.05) is 50.2 Å². The summed E-state index contributed by atoms with van der Waals surface area (Å²) in [6.45, 7) is 5.06. The van der Waals surface area contributed by atoms with Crippen molar-refractivity contribution in [2.24, 2.45) is 0 Å². The number of carbonyl (C=O) groups excluding carboxylic acids is 1. The number of ether oxygens (including phenoxy) is 1. The van der Waals surface area contributed by atoms with Gasteiger partial charge in [0.25, 0.3) is 0 Å². The summed E-state index contributed by atoms with van der Waals surface area (Å²) in [6, 6.07) is 15.6. The molecule has 0 radical (unpaired) electrons. The van der Waals surface area contributed by atoms with Crippen molar-refractivity contribution < 1.29 is 9.53 Å². The normalized spacial score (nSPS) is 10.2. The molecule has 2 aromatic rings. The highest BCUT2D eigenvalue weighted by Crippen LogP contribution is 2.18. The Bertz CT molecular complexity index is 641. The first kappa shape index (κ1) is 16.9. The predicted octanol–water partition coefficient (Wildman–Crippen LogP) is 4.01. The largest absolute Gasteiger partial charge is 0.491 e. The molecule has 0 heterocycles. The molecule has 0 saturated heterocycles. The van der Waals surface area contributed by atoms with Crippen molar-refractivity contribution in [1.82, 2.24) is 5.32 Å². The van der Waals surface area contributed by atoms with Crippen LogP contribution in [0.5, 0.6) is 5.75 Å². The highest BCUT2D eigenvalue weighted by Gasteiger charge is 2.05. The molecule has 2 N–H and O–H groups in total. The van der Waals surface area contributed by atoms with Crippen LogP contribution in [0.3, 0.4) is 0 Å². The lowest BCUT2D eigenvalue weighted by molar-refractivity contribution is 0.247. The van der Waals surface area contributed by atoms with E-state index in [4.69, 9.17) is 4.74 Å². The van der Waals surface area contributed by atoms with Gasteiger partial charge in [-0.2, -0.15) is 0 Å². The monoisotopic (exact) mass is 312 g/mol. The minimum atomic E-state index is -0.210. The van der Waals surface area contributed by atoms with Crippen molar-refractivity contribution in [2.75, 3.05) is 18.5 Å². The van der Waals surface area contributed by atoms with Gasteiger partial charge in [0.2, 0.25) is 0 Å². The summed E-state index contributed by atoms with van der Waals surface area (Å²) < 4.78 is 5.73. The molecule has 0 aliphatic rings. The van der Waals surface area contributed by atoms with E-state index in [0.717, 1.165) is 29.8 Å². The summed E-state index contributed by atoms with van der Waals surface area (Å²) in [5.74, 6) is 0.883. The van der Waals surface area contributed by atoms with E-state index in [2.05, 4.69) is 30.5 Å². The third-order valence-electron chi connectivity index (χ3n) is 3.65. The summed E-state index contributed by atoms with van der Waals surface area (Å²) in [6.07, 6.45) is 1.81. The Kier molecular flexibility index (Phi) is 6.48. The number of hydrogen-bond acceptors (Lipinski definition) is 2. The molecule has 0 saturated carbocycles. The van der Waals surface area contributed by atoms with Crippen LogP contribution < -0.4 is 15.4 Å². The second kappa shape index (κ2) is 8.83. The maximum atomic E-state index is 11.9. The van der Waals surface area contributed by atoms with E-state index in [0.29, 0.717) is 13.2 Å². The molecule has 2 aromatic carbocycles. The van der Waals surface area contributed by atoms with Crippen LogP contribution in [-0.4, -0.2) is 19.2 Å². The molecule has 0 spiro atoms. The molecule has 23 heavy (non-hydrogen) atoms. The molecular weight excluding hydrogens is 288 g/mol. The highest BCUT2D eigenvalue weighted by atomic mass is 16.5. The van der Waals surface area contributed by atoms with E-state index >= 15 is 0 Å². The van der Waals surface area contributed by atoms with Gasteiger partial charge in [0.05, 0.1) is 6.54 Å². The molecule has 0 aliphatic heterocycles. The van der Waals surface area contributed by atoms with Crippen molar-refractivity contribution in [1.29, 1.82) is 0 Å². The number of hydrogen-bond donors (Lipinski definition) is 2. The van der Waals surface area contributed by atoms with Crippen LogP contribution in [0.1, 0.15) is 25.0 Å². The molecule has 0 fully saturated rings. The molecule has 2 amide bonds. The number of benzene rings is 2. The van der Waals surface area contributed by atoms with Gasteiger partial charge in [-0.25, -0.2) is 4.79 Å². The summed E-state index contributed by atoms with van der Waals surface area (Å²) in [5, 5.41) is 5.69. The fraction of sp³-hybridized carbons (Fsp3) is 0.316. The van der Waals surface area contributed by atoms with E-state index < -0.39 is 0 Å². The van der Waals surface area contributed by atoms with Crippen molar-refractivity contribution in [3.63, 3.8) is 0 Å². The SMILES string of the molecule is CCc1ccccc1NC(=O)NCCOc1ccccc1CC. The van der Waals surface area contributed by atoms with Crippen LogP contribution >= 0.6 is 0 Å². The lowest BCUT2D eigenvalue weighted by Crippen LogP contribution is -2.32. The predicted molar refractivity (Wildman–Crippen MR) is 94.2 cm³/mol. The summed E-state index contributed by atoms with van der Waals surface area (Å²) in [7, 11) is 0. The van der Waals surface area contributed by atoms with Crippen molar-refractivity contribution in [2.45, 2.75) is 26.7 Å². The lowest BCUT2D eigenvalue weighted by atomic mass is 10.1. The molecule has 122 valence electrons. The number of aryl methyl sites for hydroxylation is 2. The van der Waals surface area contributed by atoms with Crippen molar-refractivity contribution >= 4 is 11.7 Å². The number of amides is 2. The van der Waals surface area contributed by atoms with Gasteiger partial charge in [-0.3, -0.25) is 0 Å². The molecule has 4 nitrogen and oxygen atoms in total. The Morgan fingerprint density at radius 3 is 2.35 bits per heavy atom. The topological polar surface area (TPSA) is 50.4 Å². The lowest BCUT2D eigenvalue weighted by Gasteiger charge is -2.12. The molecule has 0 aromatic heterocycles. The number of anilines is 1. The standard InChI is InChI=1S/C19H24N2O2/c1-3-15-9-5-7-11-17(15)21-19(22)20-13-14-23-18-12-8-6-10-16(18)4-2/h5-12H,3-4,13-14H2,1-2H3,(H2,20,21,22). The third-order valence-corrected chi connectivity index (χ3v) is 3.65. The Balaban J connectivity index is 1.77. The maximum absolute atomic E-state index is 11.9. The van der Waals surface area contributed by atoms with Crippen LogP contribution in [0, 0.1) is 0 Å². The van der Waals surface area contributed by atoms with Gasteiger partial charge < -0.3 is 15.4 Å². The Morgan fingerprint density at radius 1 is 0.957 bits per heavy atom. The zero-order valence-corrected chi connectivity index (χ0v) is 13.8. The number of rotatable bonds is 7. The van der Waals surface area contributed by atoms with Crippen molar-refractivity contribution in [3.8, 4) is 5.75 Å². The Morgan fingerprint density at radius 2 is 1.61 bits per heavy atom. The zero-order valence-electron chi connectivity index (χ0n) is 13.8. The quantitative estimate of drug-likeness (QED) is 0.759. The molecule has 0 aliphatic carbocycles. The molecule has 0 atom stereocenters. The average molecular weight is 312 g/mol. The van der Waals surface area contributed by atoms with E-state index in [-0.39, 0.29) is 6.03 Å². The van der Waals surface area contributed by atoms with Crippen molar-refractivity contribution in [3.05, 3.63) is 59.7 Å². The first-order chi connectivity index (χ1) is 11.2. The van der Waals surface area contributed by atoms with Crippen LogP contribution in [0.15, 0.2) is 48.5 Å². The first-order valence-corrected chi connectivity index (χ1v) is 8.08. The molecule has 2 rings (SSSR count). The minimum Gasteiger partial charge on any atom is -0.491 e. The molecular formula is C19H24N2O2. The van der Waals surface area contributed by atoms with E-state index in [1.165, 1.54) is 5.56 Å². The molecule has 4 heteroatoms. The first-order valence-electron chi connectivity index (χ1n) is 8.08. The fourth-order valence-electron chi connectivity index (χ4n) is 2.38. The van der Waals surface area contributed by atoms with Gasteiger partial charge in [0.15, 0.2) is 0 Å². The zero-order chi connectivity index (χ0) is 16.5. The minimum absolute atomic E-state index is 0.210. The van der Waals surface area contributed by atoms with Crippen LogP contribution in [0.4, 0.5) is 10.5 Å². The van der Waals surface area contributed by atoms with Gasteiger partial charge in [0, 0.05) is 5.69 Å². The molecule has 0 unspecified atom stereocenters. The highest BCUT2D eigenvalue weighted by molar-refractivity contribution is 5.90. The Hall–Kier alpha value is -2.49. The van der Waals surface area contributed by atoms with Gasteiger partial charge in [-0.05, 0) is 36.1 Å². The van der Waals surface area contributed by atoms with Crippen LogP contribution in [0.25, 0.3) is 0 Å². The number of urea groups is 1. The summed E-state index contributed by atoms with van der Waals surface area (Å²) in [4.78, 5) is 11.9. The molecule has 0 bridgehead atoms. The second-order valence-corrected chi connectivity index (χ2v) is 5.20. The van der Waals surface area contributed by atoms with Gasteiger partial charge in [0.1, 0.15) is 12.4 Å². The van der Waals surface area contributed by atoms with E-state index in [1.807, 2.05) is 42.5 Å². The Labute approximate surface area is 137 Å². The summed E-state index contributed by atoms with van der Waals surface area (Å²) >= 11 is 0. The van der Waals surface area contributed by atoms with Gasteiger partial charge >= 0.3 is 6.03 Å². The number of para-hydroxylation sites is 2. The van der Waals surface area contributed by atoms with E-state index in [1.54, 1.807) is 0 Å². The van der Waals surface area contributed by atoms with Crippen LogP contribution in [-0.2, 0) is 12.8 Å². The maximum Gasteiger partial charge on any atom is 0.319 e. The van der Waals surface area contributed by atoms with Gasteiger partial charge in [-0.15, -0.1) is 0 Å². The average Bonchev–Trinajstić information content (AvgIpc) is 2.59. The third kappa shape index (κ3) is 5.02. The number of nitrogens with one attached hydrogen (secondary N) is 2. The second-order valence-electron chi connectivity index (χ2n) is 5.20. The van der Waals surface area contributed by atoms with E-state index in [9.17, 15) is 4.79 Å². The smallest absolute Gasteiger partial charge is 0.319 e. The number of carbonyl (C=O) groups is 1. The summed E-state index contributed by atoms with van der Waals surface area (Å²) in [5.41, 5.74) is 3.15. The van der Waals surface area contributed by atoms with Crippen LogP contribution in [0.2, 0.25) is 0 Å².